The van der Waals surface area contributed by atoms with E-state index in [-0.39, 0.29) is 5.41 Å². The molecule has 0 amide bonds. The first kappa shape index (κ1) is 14.6. The van der Waals surface area contributed by atoms with Crippen LogP contribution in [0.4, 0.5) is 5.82 Å². The Morgan fingerprint density at radius 3 is 2.63 bits per heavy atom. The highest BCUT2D eigenvalue weighted by molar-refractivity contribution is 6.17. The monoisotopic (exact) mass is 280 g/mol. The van der Waals surface area contributed by atoms with Crippen molar-refractivity contribution in [3.05, 3.63) is 23.4 Å². The molecule has 2 nitrogen and oxygen atoms in total. The fourth-order valence-electron chi connectivity index (χ4n) is 2.62. The topological polar surface area (TPSA) is 16.1 Å². The summed E-state index contributed by atoms with van der Waals surface area (Å²) in [4.78, 5) is 7.33. The van der Waals surface area contributed by atoms with Crippen molar-refractivity contribution in [3.63, 3.8) is 0 Å². The number of anilines is 1. The molecule has 0 saturated carbocycles. The Kier molecular flexibility index (Phi) is 4.39. The Morgan fingerprint density at radius 1 is 1.32 bits per heavy atom. The third-order valence-corrected chi connectivity index (χ3v) is 4.20. The Hall–Kier alpha value is -0.760. The fourth-order valence-corrected chi connectivity index (χ4v) is 2.77. The molecule has 0 spiro atoms. The summed E-state index contributed by atoms with van der Waals surface area (Å²) < 4.78 is 0. The highest BCUT2D eigenvalue weighted by Crippen LogP contribution is 2.28. The Bertz CT molecular complexity index is 437. The molecule has 1 aliphatic heterocycles. The molecule has 3 heteroatoms. The number of hydrogen-bond acceptors (Lipinski definition) is 2. The molecule has 1 saturated heterocycles. The van der Waals surface area contributed by atoms with Gasteiger partial charge >= 0.3 is 0 Å². The molecule has 1 fully saturated rings. The van der Waals surface area contributed by atoms with Crippen LogP contribution in [0.5, 0.6) is 0 Å². The second kappa shape index (κ2) is 5.70. The number of rotatable bonds is 2. The number of hydrogen-bond donors (Lipinski definition) is 0. The highest BCUT2D eigenvalue weighted by atomic mass is 35.5. The van der Waals surface area contributed by atoms with Gasteiger partial charge in [0.1, 0.15) is 5.82 Å². The number of pyridine rings is 1. The first-order valence-electron chi connectivity index (χ1n) is 7.26. The average molecular weight is 281 g/mol. The SMILES string of the molecule is CC1CCCCN1c1cc(CCl)cc(C(C)(C)C)n1. The van der Waals surface area contributed by atoms with Gasteiger partial charge in [0.2, 0.25) is 0 Å². The summed E-state index contributed by atoms with van der Waals surface area (Å²) in [5.74, 6) is 1.66. The van der Waals surface area contributed by atoms with Gasteiger partial charge < -0.3 is 4.90 Å². The van der Waals surface area contributed by atoms with E-state index in [9.17, 15) is 0 Å². The zero-order valence-corrected chi connectivity index (χ0v) is 13.3. The summed E-state index contributed by atoms with van der Waals surface area (Å²) in [5, 5.41) is 0. The average Bonchev–Trinajstić information content (AvgIpc) is 2.37. The largest absolute Gasteiger partial charge is 0.354 e. The zero-order chi connectivity index (χ0) is 14.0. The smallest absolute Gasteiger partial charge is 0.129 e. The van der Waals surface area contributed by atoms with Crippen molar-refractivity contribution in [1.29, 1.82) is 0 Å². The maximum atomic E-state index is 6.05. The van der Waals surface area contributed by atoms with Crippen molar-refractivity contribution in [3.8, 4) is 0 Å². The molecule has 0 aliphatic carbocycles. The van der Waals surface area contributed by atoms with Gasteiger partial charge in [-0.1, -0.05) is 20.8 Å². The van der Waals surface area contributed by atoms with Crippen molar-refractivity contribution in [2.45, 2.75) is 64.3 Å². The summed E-state index contributed by atoms with van der Waals surface area (Å²) in [6.45, 7) is 10.0. The first-order valence-corrected chi connectivity index (χ1v) is 7.79. The minimum atomic E-state index is 0.0653. The van der Waals surface area contributed by atoms with Gasteiger partial charge in [-0.25, -0.2) is 4.98 Å². The maximum absolute atomic E-state index is 6.05. The van der Waals surface area contributed by atoms with Crippen molar-refractivity contribution >= 4 is 17.4 Å². The van der Waals surface area contributed by atoms with Crippen LogP contribution >= 0.6 is 11.6 Å². The molecule has 106 valence electrons. The number of halogens is 1. The van der Waals surface area contributed by atoms with E-state index in [2.05, 4.69) is 44.7 Å². The molecule has 19 heavy (non-hydrogen) atoms. The minimum absolute atomic E-state index is 0.0653. The van der Waals surface area contributed by atoms with E-state index in [1.165, 1.54) is 24.8 Å². The van der Waals surface area contributed by atoms with Gasteiger partial charge in [-0.15, -0.1) is 11.6 Å². The Labute approximate surface area is 122 Å². The van der Waals surface area contributed by atoms with Crippen LogP contribution in [0, 0.1) is 0 Å². The fraction of sp³-hybridized carbons (Fsp3) is 0.688. The van der Waals surface area contributed by atoms with Gasteiger partial charge in [0, 0.05) is 29.6 Å². The van der Waals surface area contributed by atoms with Gasteiger partial charge in [-0.3, -0.25) is 0 Å². The van der Waals surface area contributed by atoms with E-state index >= 15 is 0 Å². The summed E-state index contributed by atoms with van der Waals surface area (Å²) in [6, 6.07) is 4.88. The number of alkyl halides is 1. The highest BCUT2D eigenvalue weighted by Gasteiger charge is 2.23. The van der Waals surface area contributed by atoms with E-state index in [4.69, 9.17) is 16.6 Å². The predicted molar refractivity (Wildman–Crippen MR) is 83.2 cm³/mol. The molecule has 0 aromatic carbocycles. The maximum Gasteiger partial charge on any atom is 0.129 e. The predicted octanol–water partition coefficient (Wildman–Crippen LogP) is 4.50. The number of nitrogens with zero attached hydrogens (tertiary/aromatic N) is 2. The second-order valence-electron chi connectivity index (χ2n) is 6.64. The van der Waals surface area contributed by atoms with Crippen molar-refractivity contribution in [2.75, 3.05) is 11.4 Å². The summed E-state index contributed by atoms with van der Waals surface area (Å²) in [6.07, 6.45) is 3.86. The summed E-state index contributed by atoms with van der Waals surface area (Å²) in [5.41, 5.74) is 2.38. The van der Waals surface area contributed by atoms with Crippen LogP contribution in [0.15, 0.2) is 12.1 Å². The quantitative estimate of drug-likeness (QED) is 0.742. The zero-order valence-electron chi connectivity index (χ0n) is 12.5. The normalized spacial score (nSPS) is 20.7. The van der Waals surface area contributed by atoms with E-state index < -0.39 is 0 Å². The van der Waals surface area contributed by atoms with Crippen LogP contribution in [-0.2, 0) is 11.3 Å². The van der Waals surface area contributed by atoms with Crippen LogP contribution in [0.2, 0.25) is 0 Å². The molecule has 0 bridgehead atoms. The second-order valence-corrected chi connectivity index (χ2v) is 6.91. The third-order valence-electron chi connectivity index (χ3n) is 3.89. The summed E-state index contributed by atoms with van der Waals surface area (Å²) >= 11 is 6.05. The molecular formula is C16H25ClN2. The lowest BCUT2D eigenvalue weighted by Gasteiger charge is -2.35. The van der Waals surface area contributed by atoms with Crippen LogP contribution in [0.1, 0.15) is 58.2 Å². The van der Waals surface area contributed by atoms with Crippen molar-refractivity contribution in [1.82, 2.24) is 4.98 Å². The van der Waals surface area contributed by atoms with Gasteiger partial charge in [-0.05, 0) is 43.9 Å². The van der Waals surface area contributed by atoms with Gasteiger partial charge in [0.15, 0.2) is 0 Å². The molecule has 1 aliphatic rings. The minimum Gasteiger partial charge on any atom is -0.354 e. The number of aromatic nitrogens is 1. The first-order chi connectivity index (χ1) is 8.91. The van der Waals surface area contributed by atoms with Crippen LogP contribution < -0.4 is 4.90 Å². The molecule has 1 unspecified atom stereocenters. The molecule has 2 rings (SSSR count). The molecule has 1 aromatic heterocycles. The van der Waals surface area contributed by atoms with E-state index in [0.717, 1.165) is 18.1 Å². The lowest BCUT2D eigenvalue weighted by molar-refractivity contribution is 0.478. The number of piperidine rings is 1. The standard InChI is InChI=1S/C16H25ClN2/c1-12-7-5-6-8-19(12)15-10-13(11-17)9-14(18-15)16(2,3)4/h9-10,12H,5-8,11H2,1-4H3. The molecule has 1 aromatic rings. The Morgan fingerprint density at radius 2 is 2.05 bits per heavy atom. The van der Waals surface area contributed by atoms with E-state index in [1.807, 2.05) is 0 Å². The van der Waals surface area contributed by atoms with Gasteiger partial charge in [0.05, 0.1) is 0 Å². The van der Waals surface area contributed by atoms with Crippen molar-refractivity contribution in [2.24, 2.45) is 0 Å². The van der Waals surface area contributed by atoms with Crippen molar-refractivity contribution < 1.29 is 0 Å². The molecule has 2 heterocycles. The summed E-state index contributed by atoms with van der Waals surface area (Å²) in [7, 11) is 0. The van der Waals surface area contributed by atoms with E-state index in [1.54, 1.807) is 0 Å². The molecule has 0 radical (unpaired) electrons. The van der Waals surface area contributed by atoms with Gasteiger partial charge in [0.25, 0.3) is 0 Å². The molecule has 0 N–H and O–H groups in total. The lowest BCUT2D eigenvalue weighted by atomic mass is 9.90. The lowest BCUT2D eigenvalue weighted by Crippen LogP contribution is -2.38. The van der Waals surface area contributed by atoms with E-state index in [0.29, 0.717) is 11.9 Å². The molecule has 1 atom stereocenters. The van der Waals surface area contributed by atoms with Crippen LogP contribution in [0.3, 0.4) is 0 Å². The molecular weight excluding hydrogens is 256 g/mol. The van der Waals surface area contributed by atoms with Gasteiger partial charge in [-0.2, -0.15) is 0 Å². The third kappa shape index (κ3) is 3.42. The van der Waals surface area contributed by atoms with Crippen LogP contribution in [0.25, 0.3) is 0 Å². The van der Waals surface area contributed by atoms with Crippen LogP contribution in [-0.4, -0.2) is 17.6 Å². The Balaban J connectivity index is 2.39.